The van der Waals surface area contributed by atoms with E-state index in [1.54, 1.807) is 4.90 Å². The highest BCUT2D eigenvalue weighted by molar-refractivity contribution is 6.07. The van der Waals surface area contributed by atoms with Gasteiger partial charge >= 0.3 is 12.4 Å². The predicted molar refractivity (Wildman–Crippen MR) is 130 cm³/mol. The van der Waals surface area contributed by atoms with Gasteiger partial charge in [-0.15, -0.1) is 0 Å². The van der Waals surface area contributed by atoms with Crippen LogP contribution in [0.5, 0.6) is 0 Å². The maximum absolute atomic E-state index is 15.4. The number of rotatable bonds is 5. The van der Waals surface area contributed by atoms with Crippen LogP contribution in [0.2, 0.25) is 0 Å². The number of nitrogens with zero attached hydrogens (tertiary/aromatic N) is 2. The lowest BCUT2D eigenvalue weighted by molar-refractivity contribution is -0.141. The number of aromatic amines is 1. The highest BCUT2D eigenvalue weighted by atomic mass is 19.4. The van der Waals surface area contributed by atoms with Crippen molar-refractivity contribution in [3.63, 3.8) is 0 Å². The maximum Gasteiger partial charge on any atom is 0.433 e. The molecule has 0 radical (unpaired) electrons. The molecule has 6 nitrogen and oxygen atoms in total. The Kier molecular flexibility index (Phi) is 7.71. The summed E-state index contributed by atoms with van der Waals surface area (Å²) < 4.78 is 95.7. The van der Waals surface area contributed by atoms with Crippen LogP contribution in [0, 0.1) is 11.7 Å². The highest BCUT2D eigenvalue weighted by Crippen LogP contribution is 2.38. The molecule has 1 fully saturated rings. The van der Waals surface area contributed by atoms with Gasteiger partial charge in [-0.3, -0.25) is 9.59 Å². The first kappa shape index (κ1) is 28.1. The van der Waals surface area contributed by atoms with Crippen molar-refractivity contribution >= 4 is 17.3 Å². The van der Waals surface area contributed by atoms with Crippen LogP contribution in [0.4, 0.5) is 42.1 Å². The van der Waals surface area contributed by atoms with E-state index in [1.165, 1.54) is 0 Å². The zero-order valence-electron chi connectivity index (χ0n) is 20.5. The summed E-state index contributed by atoms with van der Waals surface area (Å²) in [5, 5.41) is 2.35. The number of hydrogen-bond acceptors (Lipinski definition) is 4. The van der Waals surface area contributed by atoms with E-state index in [0.29, 0.717) is 25.4 Å². The van der Waals surface area contributed by atoms with Crippen LogP contribution in [0.15, 0.2) is 47.4 Å². The number of carbonyl (C=O) groups is 1. The molecule has 2 N–H and O–H groups in total. The van der Waals surface area contributed by atoms with E-state index in [0.717, 1.165) is 43.5 Å². The quantitative estimate of drug-likeness (QED) is 0.352. The Labute approximate surface area is 217 Å². The summed E-state index contributed by atoms with van der Waals surface area (Å²) in [6.07, 6.45) is -6.74. The van der Waals surface area contributed by atoms with Crippen molar-refractivity contribution in [3.8, 4) is 11.3 Å². The van der Waals surface area contributed by atoms with Gasteiger partial charge in [-0.05, 0) is 43.0 Å². The van der Waals surface area contributed by atoms with E-state index in [9.17, 15) is 35.9 Å². The molecule has 1 aliphatic rings. The van der Waals surface area contributed by atoms with Gasteiger partial charge in [0.1, 0.15) is 11.5 Å². The van der Waals surface area contributed by atoms with Gasteiger partial charge in [0.2, 0.25) is 5.56 Å². The summed E-state index contributed by atoms with van der Waals surface area (Å²) in [6, 6.07) is 5.24. The van der Waals surface area contributed by atoms with E-state index in [-0.39, 0.29) is 34.6 Å². The summed E-state index contributed by atoms with van der Waals surface area (Å²) >= 11 is 0. The Balaban J connectivity index is 1.83. The number of alkyl halides is 6. The number of pyridine rings is 2. The van der Waals surface area contributed by atoms with Gasteiger partial charge in [-0.1, -0.05) is 19.4 Å². The van der Waals surface area contributed by atoms with Crippen molar-refractivity contribution in [3.05, 3.63) is 75.6 Å². The number of aromatic nitrogens is 2. The Bertz CT molecular complexity index is 1430. The van der Waals surface area contributed by atoms with Crippen LogP contribution >= 0.6 is 0 Å². The molecule has 1 aromatic carbocycles. The van der Waals surface area contributed by atoms with Crippen LogP contribution in [-0.4, -0.2) is 29.0 Å². The molecule has 13 heteroatoms. The lowest BCUT2D eigenvalue weighted by Crippen LogP contribution is -2.36. The Morgan fingerprint density at radius 1 is 1.13 bits per heavy atom. The molecule has 4 rings (SSSR count). The molecule has 0 spiro atoms. The number of halogens is 7. The first-order valence-electron chi connectivity index (χ1n) is 12.0. The number of benzene rings is 1. The number of anilines is 2. The van der Waals surface area contributed by atoms with Gasteiger partial charge in [0.05, 0.1) is 28.2 Å². The summed E-state index contributed by atoms with van der Waals surface area (Å²) in [5.41, 5.74) is -5.43. The van der Waals surface area contributed by atoms with Crippen molar-refractivity contribution in [1.29, 1.82) is 0 Å². The fraction of sp³-hybridized carbons (Fsp3) is 0.346. The maximum atomic E-state index is 15.4. The van der Waals surface area contributed by atoms with E-state index in [2.05, 4.69) is 10.3 Å². The van der Waals surface area contributed by atoms with Crippen LogP contribution in [-0.2, 0) is 12.4 Å². The first-order valence-corrected chi connectivity index (χ1v) is 12.0. The second-order valence-electron chi connectivity index (χ2n) is 9.19. The van der Waals surface area contributed by atoms with Crippen molar-refractivity contribution < 1.29 is 35.5 Å². The average molecular weight is 556 g/mol. The lowest BCUT2D eigenvalue weighted by Gasteiger charge is -2.35. The first-order chi connectivity index (χ1) is 18.3. The molecular weight excluding hydrogens is 533 g/mol. The van der Waals surface area contributed by atoms with Gasteiger partial charge in [-0.25, -0.2) is 9.37 Å². The van der Waals surface area contributed by atoms with E-state index in [1.807, 2.05) is 11.9 Å². The largest absolute Gasteiger partial charge is 0.433 e. The topological polar surface area (TPSA) is 78.1 Å². The number of hydrogen-bond donors (Lipinski definition) is 2. The molecule has 208 valence electrons. The SMILES string of the molecule is CCC1CCCN(c2cc(F)c(-c3cccc(C(F)(F)F)n3)cc2NC(=O)c2c[nH]c(=O)cc2C(F)(F)F)C1. The zero-order chi connectivity index (χ0) is 28.5. The second kappa shape index (κ2) is 10.7. The van der Waals surface area contributed by atoms with E-state index >= 15 is 4.39 Å². The average Bonchev–Trinajstić information content (AvgIpc) is 2.88. The molecule has 2 aromatic heterocycles. The fourth-order valence-corrected chi connectivity index (χ4v) is 4.56. The van der Waals surface area contributed by atoms with Gasteiger partial charge in [-0.2, -0.15) is 26.3 Å². The monoisotopic (exact) mass is 556 g/mol. The predicted octanol–water partition coefficient (Wildman–Crippen LogP) is 6.49. The standard InChI is InChI=1S/C26H23F7N4O2/c1-2-14-5-4-8-37(13-14)21-11-18(27)15(19-6-3-7-22(35-19)26(31,32)33)9-20(21)36-24(39)16-12-34-23(38)10-17(16)25(28,29)30/h3,6-7,9-12,14H,2,4-5,8,13H2,1H3,(H,34,38)(H,36,39). The number of carbonyl (C=O) groups excluding carboxylic acids is 1. The summed E-state index contributed by atoms with van der Waals surface area (Å²) in [7, 11) is 0. The Morgan fingerprint density at radius 2 is 1.87 bits per heavy atom. The van der Waals surface area contributed by atoms with Crippen molar-refractivity contribution in [2.24, 2.45) is 5.92 Å². The molecule has 0 saturated carbocycles. The minimum Gasteiger partial charge on any atom is -0.369 e. The Hall–Kier alpha value is -3.90. The van der Waals surface area contributed by atoms with Gasteiger partial charge in [0, 0.05) is 30.9 Å². The lowest BCUT2D eigenvalue weighted by atomic mass is 9.94. The van der Waals surface area contributed by atoms with E-state index < -0.39 is 46.5 Å². The molecule has 39 heavy (non-hydrogen) atoms. The van der Waals surface area contributed by atoms with Crippen LogP contribution in [0.25, 0.3) is 11.3 Å². The molecule has 1 aliphatic heterocycles. The third-order valence-electron chi connectivity index (χ3n) is 6.56. The summed E-state index contributed by atoms with van der Waals surface area (Å²) in [4.78, 5) is 31.9. The third kappa shape index (κ3) is 6.23. The molecule has 3 aromatic rings. The zero-order valence-corrected chi connectivity index (χ0v) is 20.5. The summed E-state index contributed by atoms with van der Waals surface area (Å²) in [5.74, 6) is -1.93. The minimum atomic E-state index is -5.03. The van der Waals surface area contributed by atoms with Crippen LogP contribution in [0.3, 0.4) is 0 Å². The highest BCUT2D eigenvalue weighted by Gasteiger charge is 2.36. The number of nitrogens with one attached hydrogen (secondary N) is 2. The fourth-order valence-electron chi connectivity index (χ4n) is 4.56. The van der Waals surface area contributed by atoms with Gasteiger partial charge in [0.15, 0.2) is 0 Å². The Morgan fingerprint density at radius 3 is 2.54 bits per heavy atom. The minimum absolute atomic E-state index is 0.119. The molecular formula is C26H23F7N4O2. The number of piperidine rings is 1. The van der Waals surface area contributed by atoms with Crippen molar-refractivity contribution in [2.45, 2.75) is 38.5 Å². The van der Waals surface area contributed by atoms with Gasteiger partial charge < -0.3 is 15.2 Å². The molecule has 3 heterocycles. The second-order valence-corrected chi connectivity index (χ2v) is 9.19. The third-order valence-corrected chi connectivity index (χ3v) is 6.56. The summed E-state index contributed by atoms with van der Waals surface area (Å²) in [6.45, 7) is 2.92. The molecule has 1 saturated heterocycles. The molecule has 1 amide bonds. The smallest absolute Gasteiger partial charge is 0.369 e. The van der Waals surface area contributed by atoms with Gasteiger partial charge in [0.25, 0.3) is 5.91 Å². The number of H-pyrrole nitrogens is 1. The van der Waals surface area contributed by atoms with Crippen molar-refractivity contribution in [2.75, 3.05) is 23.3 Å². The van der Waals surface area contributed by atoms with Crippen LogP contribution < -0.4 is 15.8 Å². The number of amides is 1. The van der Waals surface area contributed by atoms with Crippen LogP contribution in [0.1, 0.15) is 47.8 Å². The molecule has 0 bridgehead atoms. The van der Waals surface area contributed by atoms with Crippen molar-refractivity contribution in [1.82, 2.24) is 9.97 Å². The van der Waals surface area contributed by atoms with E-state index in [4.69, 9.17) is 0 Å². The molecule has 0 aliphatic carbocycles. The molecule has 1 unspecified atom stereocenters. The normalized spacial score (nSPS) is 16.3. The molecule has 1 atom stereocenters.